The average Bonchev–Trinajstić information content (AvgIpc) is 2.46. The highest BCUT2D eigenvalue weighted by Crippen LogP contribution is 2.32. The predicted octanol–water partition coefficient (Wildman–Crippen LogP) is 1.43. The lowest BCUT2D eigenvalue weighted by Gasteiger charge is -2.17. The Morgan fingerprint density at radius 2 is 1.75 bits per heavy atom. The summed E-state index contributed by atoms with van der Waals surface area (Å²) in [7, 11) is 0. The summed E-state index contributed by atoms with van der Waals surface area (Å²) >= 11 is 0. The van der Waals surface area contributed by atoms with E-state index in [1.807, 2.05) is 4.90 Å². The maximum atomic E-state index is 11.1. The normalized spacial score (nSPS) is 33.6. The van der Waals surface area contributed by atoms with E-state index in [-0.39, 0.29) is 5.91 Å². The number of nitrogens with zero attached hydrogens (tertiary/aromatic N) is 1. The van der Waals surface area contributed by atoms with E-state index in [9.17, 15) is 4.79 Å². The fraction of sp³-hybridized carbons (Fsp3) is 0.700. The Morgan fingerprint density at radius 3 is 2.17 bits per heavy atom. The lowest BCUT2D eigenvalue weighted by atomic mass is 9.86. The van der Waals surface area contributed by atoms with Gasteiger partial charge in [0.15, 0.2) is 0 Å². The molecule has 1 heterocycles. The lowest BCUT2D eigenvalue weighted by molar-refractivity contribution is -0.128. The summed E-state index contributed by atoms with van der Waals surface area (Å²) in [6.07, 6.45) is 6.86. The van der Waals surface area contributed by atoms with Gasteiger partial charge in [0.1, 0.15) is 0 Å². The molecule has 0 spiro atoms. The zero-order valence-corrected chi connectivity index (χ0v) is 7.49. The fourth-order valence-corrected chi connectivity index (χ4v) is 2.27. The molecule has 2 unspecified atom stereocenters. The predicted molar refractivity (Wildman–Crippen MR) is 47.6 cm³/mol. The van der Waals surface area contributed by atoms with Gasteiger partial charge in [-0.2, -0.15) is 0 Å². The molecule has 1 aliphatic heterocycles. The summed E-state index contributed by atoms with van der Waals surface area (Å²) < 4.78 is 0. The van der Waals surface area contributed by atoms with Crippen molar-refractivity contribution in [1.29, 1.82) is 0 Å². The van der Waals surface area contributed by atoms with E-state index in [2.05, 4.69) is 12.2 Å². The van der Waals surface area contributed by atoms with Crippen molar-refractivity contribution in [2.24, 2.45) is 11.8 Å². The van der Waals surface area contributed by atoms with E-state index >= 15 is 0 Å². The molecule has 2 heteroatoms. The molecule has 2 rings (SSSR count). The van der Waals surface area contributed by atoms with Crippen LogP contribution >= 0.6 is 0 Å². The van der Waals surface area contributed by atoms with Crippen molar-refractivity contribution in [2.45, 2.75) is 19.8 Å². The van der Waals surface area contributed by atoms with Gasteiger partial charge < -0.3 is 4.90 Å². The highest BCUT2D eigenvalue weighted by molar-refractivity contribution is 5.73. The van der Waals surface area contributed by atoms with Crippen LogP contribution in [-0.4, -0.2) is 23.9 Å². The van der Waals surface area contributed by atoms with Crippen molar-refractivity contribution in [3.63, 3.8) is 0 Å². The Hall–Kier alpha value is -0.790. The molecule has 0 bridgehead atoms. The summed E-state index contributed by atoms with van der Waals surface area (Å²) in [6, 6.07) is 0. The molecule has 1 amide bonds. The first-order valence-corrected chi connectivity index (χ1v) is 4.68. The molecule has 0 aromatic rings. The number of rotatable bonds is 0. The highest BCUT2D eigenvalue weighted by atomic mass is 16.2. The summed E-state index contributed by atoms with van der Waals surface area (Å²) in [5.41, 5.74) is 0. The first-order valence-electron chi connectivity index (χ1n) is 4.68. The summed E-state index contributed by atoms with van der Waals surface area (Å²) in [5, 5.41) is 0. The summed E-state index contributed by atoms with van der Waals surface area (Å²) in [6.45, 7) is 3.65. The molecular formula is C10H15NO. The monoisotopic (exact) mass is 165 g/mol. The van der Waals surface area contributed by atoms with Gasteiger partial charge in [-0.1, -0.05) is 12.2 Å². The summed E-state index contributed by atoms with van der Waals surface area (Å²) in [4.78, 5) is 13.1. The van der Waals surface area contributed by atoms with Gasteiger partial charge in [-0.3, -0.25) is 4.79 Å². The van der Waals surface area contributed by atoms with Crippen LogP contribution in [0.3, 0.4) is 0 Å². The number of hydrogen-bond donors (Lipinski definition) is 0. The molecule has 0 saturated carbocycles. The molecule has 1 fully saturated rings. The average molecular weight is 165 g/mol. The minimum atomic E-state index is 0.240. The molecule has 2 atom stereocenters. The van der Waals surface area contributed by atoms with Crippen LogP contribution in [0.2, 0.25) is 0 Å². The van der Waals surface area contributed by atoms with Crippen LogP contribution in [0, 0.1) is 11.8 Å². The summed E-state index contributed by atoms with van der Waals surface area (Å²) in [5.74, 6) is 1.74. The smallest absolute Gasteiger partial charge is 0.219 e. The Balaban J connectivity index is 2.02. The van der Waals surface area contributed by atoms with Crippen LogP contribution < -0.4 is 0 Å². The van der Waals surface area contributed by atoms with Gasteiger partial charge in [-0.25, -0.2) is 0 Å². The maximum Gasteiger partial charge on any atom is 0.219 e. The molecule has 2 nitrogen and oxygen atoms in total. The first kappa shape index (κ1) is 7.84. The molecule has 0 aromatic heterocycles. The molecule has 66 valence electrons. The van der Waals surface area contributed by atoms with Crippen LogP contribution in [0.4, 0.5) is 0 Å². The van der Waals surface area contributed by atoms with E-state index in [4.69, 9.17) is 0 Å². The fourth-order valence-electron chi connectivity index (χ4n) is 2.27. The van der Waals surface area contributed by atoms with Gasteiger partial charge in [0.05, 0.1) is 0 Å². The van der Waals surface area contributed by atoms with Crippen molar-refractivity contribution in [3.8, 4) is 0 Å². The van der Waals surface area contributed by atoms with Crippen LogP contribution in [0.15, 0.2) is 12.2 Å². The van der Waals surface area contributed by atoms with Crippen molar-refractivity contribution in [1.82, 2.24) is 4.90 Å². The molecule has 1 aliphatic carbocycles. The molecule has 1 saturated heterocycles. The number of carbonyl (C=O) groups is 1. The molecule has 12 heavy (non-hydrogen) atoms. The van der Waals surface area contributed by atoms with Crippen molar-refractivity contribution in [2.75, 3.05) is 13.1 Å². The SMILES string of the molecule is CC(=O)N1CC2CC=CCC2C1. The molecule has 0 N–H and O–H groups in total. The Kier molecular flexibility index (Phi) is 1.91. The second kappa shape index (κ2) is 2.92. The number of fused-ring (bicyclic) bond motifs is 1. The highest BCUT2D eigenvalue weighted by Gasteiger charge is 2.33. The Morgan fingerprint density at radius 1 is 1.25 bits per heavy atom. The zero-order chi connectivity index (χ0) is 8.55. The Labute approximate surface area is 73.2 Å². The standard InChI is InChI=1S/C10H15NO/c1-8(12)11-6-9-4-2-3-5-10(9)7-11/h2-3,9-10H,4-7H2,1H3. The molecule has 0 aromatic carbocycles. The first-order chi connectivity index (χ1) is 5.77. The quantitative estimate of drug-likeness (QED) is 0.497. The minimum absolute atomic E-state index is 0.240. The second-order valence-electron chi connectivity index (χ2n) is 3.89. The van der Waals surface area contributed by atoms with E-state index in [0.29, 0.717) is 0 Å². The van der Waals surface area contributed by atoms with Gasteiger partial charge in [0.25, 0.3) is 0 Å². The third kappa shape index (κ3) is 1.26. The molecular weight excluding hydrogens is 150 g/mol. The topological polar surface area (TPSA) is 20.3 Å². The lowest BCUT2D eigenvalue weighted by Crippen LogP contribution is -2.26. The van der Waals surface area contributed by atoms with Crippen molar-refractivity contribution >= 4 is 5.91 Å². The second-order valence-corrected chi connectivity index (χ2v) is 3.89. The zero-order valence-electron chi connectivity index (χ0n) is 7.49. The molecule has 2 aliphatic rings. The third-order valence-corrected chi connectivity index (χ3v) is 3.07. The minimum Gasteiger partial charge on any atom is -0.342 e. The number of amides is 1. The number of likely N-dealkylation sites (tertiary alicyclic amines) is 1. The van der Waals surface area contributed by atoms with Crippen LogP contribution in [0.25, 0.3) is 0 Å². The van der Waals surface area contributed by atoms with Crippen LogP contribution in [0.1, 0.15) is 19.8 Å². The van der Waals surface area contributed by atoms with E-state index < -0.39 is 0 Å². The number of hydrogen-bond acceptors (Lipinski definition) is 1. The van der Waals surface area contributed by atoms with Crippen LogP contribution in [0.5, 0.6) is 0 Å². The van der Waals surface area contributed by atoms with E-state index in [1.165, 1.54) is 12.8 Å². The van der Waals surface area contributed by atoms with Gasteiger partial charge >= 0.3 is 0 Å². The van der Waals surface area contributed by atoms with Gasteiger partial charge in [-0.05, 0) is 24.7 Å². The van der Waals surface area contributed by atoms with E-state index in [0.717, 1.165) is 24.9 Å². The van der Waals surface area contributed by atoms with Crippen molar-refractivity contribution < 1.29 is 4.79 Å². The maximum absolute atomic E-state index is 11.1. The van der Waals surface area contributed by atoms with Crippen molar-refractivity contribution in [3.05, 3.63) is 12.2 Å². The molecule has 0 radical (unpaired) electrons. The third-order valence-electron chi connectivity index (χ3n) is 3.07. The van der Waals surface area contributed by atoms with Gasteiger partial charge in [-0.15, -0.1) is 0 Å². The van der Waals surface area contributed by atoms with Gasteiger partial charge in [0.2, 0.25) is 5.91 Å². The Bertz CT molecular complexity index is 206. The van der Waals surface area contributed by atoms with Crippen LogP contribution in [-0.2, 0) is 4.79 Å². The van der Waals surface area contributed by atoms with E-state index in [1.54, 1.807) is 6.92 Å². The number of carbonyl (C=O) groups excluding carboxylic acids is 1. The largest absolute Gasteiger partial charge is 0.342 e. The van der Waals surface area contributed by atoms with Gasteiger partial charge in [0, 0.05) is 20.0 Å². The number of allylic oxidation sites excluding steroid dienone is 2.